The second-order valence-corrected chi connectivity index (χ2v) is 11.6. The van der Waals surface area contributed by atoms with Gasteiger partial charge in [-0.2, -0.15) is 0 Å². The highest BCUT2D eigenvalue weighted by atomic mass is 16.5. The van der Waals surface area contributed by atoms with Crippen molar-refractivity contribution in [2.24, 2.45) is 11.8 Å². The fourth-order valence-electron chi connectivity index (χ4n) is 5.53. The number of rotatable bonds is 15. The monoisotopic (exact) mass is 588 g/mol. The Kier molecular flexibility index (Phi) is 13.7. The number of aliphatic hydroxyl groups excluding tert-OH is 1. The molecule has 3 amide bonds. The highest BCUT2D eigenvalue weighted by Crippen LogP contribution is 2.28. The number of hydrogen-bond donors (Lipinski definition) is 4. The molecule has 0 spiro atoms. The zero-order chi connectivity index (χ0) is 30.5. The molecule has 1 aliphatic carbocycles. The normalized spacial score (nSPS) is 19.1. The lowest BCUT2D eigenvalue weighted by atomic mass is 9.82. The predicted molar refractivity (Wildman–Crippen MR) is 158 cm³/mol. The summed E-state index contributed by atoms with van der Waals surface area (Å²) in [7, 11) is 1.57. The first-order valence-corrected chi connectivity index (χ1v) is 15.2. The van der Waals surface area contributed by atoms with Crippen LogP contribution in [-0.2, 0) is 30.3 Å². The summed E-state index contributed by atoms with van der Waals surface area (Å²) >= 11 is 0. The van der Waals surface area contributed by atoms with E-state index in [1.54, 1.807) is 33.1 Å². The molecule has 0 unspecified atom stereocenters. The van der Waals surface area contributed by atoms with Gasteiger partial charge in [0.25, 0.3) is 0 Å². The van der Waals surface area contributed by atoms with E-state index >= 15 is 0 Å². The van der Waals surface area contributed by atoms with Crippen LogP contribution in [0, 0.1) is 11.8 Å². The number of amides is 3. The Bertz CT molecular complexity index is 1020. The lowest BCUT2D eigenvalue weighted by Gasteiger charge is -2.29. The van der Waals surface area contributed by atoms with Gasteiger partial charge in [-0.1, -0.05) is 51.2 Å². The Hall–Kier alpha value is -3.02. The topological polar surface area (TPSA) is 146 Å². The highest BCUT2D eigenvalue weighted by Gasteiger charge is 2.32. The molecular formula is C31H48N4O7. The molecule has 4 N–H and O–H groups in total. The number of aliphatic hydroxyl groups is 1. The van der Waals surface area contributed by atoms with E-state index in [4.69, 9.17) is 9.47 Å². The maximum atomic E-state index is 13.7. The van der Waals surface area contributed by atoms with E-state index in [9.17, 15) is 24.3 Å². The Morgan fingerprint density at radius 3 is 2.21 bits per heavy atom. The van der Waals surface area contributed by atoms with Crippen LogP contribution in [0.1, 0.15) is 57.9 Å². The molecule has 1 saturated heterocycles. The smallest absolute Gasteiger partial charge is 0.243 e. The average Bonchev–Trinajstić information content (AvgIpc) is 3.00. The second kappa shape index (κ2) is 17.2. The number of Topliss-reactive ketones (excluding diaryl/α,β-unsaturated/α-hetero) is 1. The van der Waals surface area contributed by atoms with Gasteiger partial charge in [-0.25, -0.2) is 0 Å². The molecule has 42 heavy (non-hydrogen) atoms. The summed E-state index contributed by atoms with van der Waals surface area (Å²) < 4.78 is 10.6. The minimum atomic E-state index is -0.990. The van der Waals surface area contributed by atoms with E-state index in [1.165, 1.54) is 6.42 Å². The predicted octanol–water partition coefficient (Wildman–Crippen LogP) is 1.21. The maximum Gasteiger partial charge on any atom is 0.243 e. The summed E-state index contributed by atoms with van der Waals surface area (Å²) in [6.45, 7) is 5.50. The standard InChI is InChI=1S/C31H48N4O7/c1-21(20-36)29(38)26(17-23-7-5-4-6-8-23)33-31(40)27(18-24-9-11-25(41-3)12-10-24)34-30(39)22(2)32-28(37)19-35-13-15-42-16-14-35/h9-12,21-23,26-27,36H,4-8,13-20H2,1-3H3,(H,32,37)(H,33,40)(H,34,39)/t21-,22+,26+,27+/m1/s1. The van der Waals surface area contributed by atoms with Gasteiger partial charge < -0.3 is 30.5 Å². The Labute approximate surface area is 249 Å². The number of morpholine rings is 1. The van der Waals surface area contributed by atoms with Crippen molar-refractivity contribution >= 4 is 23.5 Å². The molecule has 4 atom stereocenters. The molecular weight excluding hydrogens is 540 g/mol. The quantitative estimate of drug-likeness (QED) is 0.239. The van der Waals surface area contributed by atoms with E-state index < -0.39 is 35.9 Å². The van der Waals surface area contributed by atoms with Crippen LogP contribution >= 0.6 is 0 Å². The first-order valence-electron chi connectivity index (χ1n) is 15.2. The zero-order valence-electron chi connectivity index (χ0n) is 25.2. The second-order valence-electron chi connectivity index (χ2n) is 11.6. The molecule has 0 radical (unpaired) electrons. The lowest BCUT2D eigenvalue weighted by molar-refractivity contribution is -0.134. The summed E-state index contributed by atoms with van der Waals surface area (Å²) in [5, 5.41) is 18.1. The largest absolute Gasteiger partial charge is 0.497 e. The molecule has 234 valence electrons. The van der Waals surface area contributed by atoms with Crippen molar-refractivity contribution in [1.29, 1.82) is 0 Å². The van der Waals surface area contributed by atoms with E-state index in [-0.39, 0.29) is 31.3 Å². The number of methoxy groups -OCH3 is 1. The number of nitrogens with one attached hydrogen (secondary N) is 3. The van der Waals surface area contributed by atoms with Crippen molar-refractivity contribution in [2.75, 3.05) is 46.6 Å². The Morgan fingerprint density at radius 1 is 0.952 bits per heavy atom. The molecule has 1 saturated carbocycles. The fourth-order valence-corrected chi connectivity index (χ4v) is 5.53. The first kappa shape index (κ1) is 33.5. The first-order chi connectivity index (χ1) is 20.2. The maximum absolute atomic E-state index is 13.7. The van der Waals surface area contributed by atoms with Crippen LogP contribution in [0.25, 0.3) is 0 Å². The molecule has 3 rings (SSSR count). The molecule has 1 aliphatic heterocycles. The van der Waals surface area contributed by atoms with Gasteiger partial charge >= 0.3 is 0 Å². The van der Waals surface area contributed by atoms with Gasteiger partial charge in [0.15, 0.2) is 5.78 Å². The van der Waals surface area contributed by atoms with Crippen LogP contribution in [-0.4, -0.2) is 98.2 Å². The minimum absolute atomic E-state index is 0.157. The van der Waals surface area contributed by atoms with E-state index in [1.807, 2.05) is 17.0 Å². The van der Waals surface area contributed by atoms with Gasteiger partial charge in [0.05, 0.1) is 39.5 Å². The van der Waals surface area contributed by atoms with Crippen LogP contribution < -0.4 is 20.7 Å². The number of hydrogen-bond acceptors (Lipinski definition) is 8. The molecule has 1 heterocycles. The van der Waals surface area contributed by atoms with Crippen molar-refractivity contribution < 1.29 is 33.8 Å². The summed E-state index contributed by atoms with van der Waals surface area (Å²) in [4.78, 5) is 54.7. The molecule has 11 heteroatoms. The van der Waals surface area contributed by atoms with Gasteiger partial charge in [-0.3, -0.25) is 24.1 Å². The number of ether oxygens (including phenoxy) is 2. The number of nitrogens with zero attached hydrogens (tertiary/aromatic N) is 1. The van der Waals surface area contributed by atoms with Gasteiger partial charge in [0, 0.05) is 25.4 Å². The van der Waals surface area contributed by atoms with E-state index in [0.717, 1.165) is 31.2 Å². The van der Waals surface area contributed by atoms with Gasteiger partial charge in [0.1, 0.15) is 17.8 Å². The molecule has 0 aromatic heterocycles. The average molecular weight is 589 g/mol. The minimum Gasteiger partial charge on any atom is -0.497 e. The number of benzene rings is 1. The van der Waals surface area contributed by atoms with Crippen molar-refractivity contribution in [3.05, 3.63) is 29.8 Å². The van der Waals surface area contributed by atoms with Gasteiger partial charge in [0.2, 0.25) is 17.7 Å². The third-order valence-electron chi connectivity index (χ3n) is 8.19. The van der Waals surface area contributed by atoms with Crippen LogP contribution in [0.2, 0.25) is 0 Å². The van der Waals surface area contributed by atoms with Gasteiger partial charge in [-0.05, 0) is 37.0 Å². The molecule has 11 nitrogen and oxygen atoms in total. The van der Waals surface area contributed by atoms with Crippen LogP contribution in [0.5, 0.6) is 5.75 Å². The molecule has 2 fully saturated rings. The van der Waals surface area contributed by atoms with Crippen LogP contribution in [0.15, 0.2) is 24.3 Å². The summed E-state index contributed by atoms with van der Waals surface area (Å²) in [5.74, 6) is -1.12. The van der Waals surface area contributed by atoms with Crippen molar-refractivity contribution in [3.63, 3.8) is 0 Å². The Morgan fingerprint density at radius 2 is 1.60 bits per heavy atom. The fraction of sp³-hybridized carbons (Fsp3) is 0.677. The number of carbonyl (C=O) groups is 4. The number of ketones is 1. The lowest BCUT2D eigenvalue weighted by Crippen LogP contribution is -2.57. The summed E-state index contributed by atoms with van der Waals surface area (Å²) in [6, 6.07) is 4.56. The third kappa shape index (κ3) is 10.7. The van der Waals surface area contributed by atoms with Gasteiger partial charge in [-0.15, -0.1) is 0 Å². The summed E-state index contributed by atoms with van der Waals surface area (Å²) in [6.07, 6.45) is 6.05. The molecule has 0 bridgehead atoms. The van der Waals surface area contributed by atoms with Crippen LogP contribution in [0.3, 0.4) is 0 Å². The van der Waals surface area contributed by atoms with Crippen molar-refractivity contribution in [2.45, 2.75) is 76.9 Å². The van der Waals surface area contributed by atoms with Crippen LogP contribution in [0.4, 0.5) is 0 Å². The van der Waals surface area contributed by atoms with E-state index in [0.29, 0.717) is 44.4 Å². The molecule has 1 aromatic carbocycles. The number of carbonyl (C=O) groups excluding carboxylic acids is 4. The summed E-state index contributed by atoms with van der Waals surface area (Å²) in [5.41, 5.74) is 0.791. The van der Waals surface area contributed by atoms with Crippen molar-refractivity contribution in [3.8, 4) is 5.75 Å². The van der Waals surface area contributed by atoms with E-state index in [2.05, 4.69) is 16.0 Å². The van der Waals surface area contributed by atoms with Crippen molar-refractivity contribution in [1.82, 2.24) is 20.9 Å². The zero-order valence-corrected chi connectivity index (χ0v) is 25.2. The SMILES string of the molecule is COc1ccc(C[C@H](NC(=O)[C@H](C)NC(=O)CN2CCOCC2)C(=O)N[C@@H](CC2CCCCC2)C(=O)[C@H](C)CO)cc1. The molecule has 1 aromatic rings. The highest BCUT2D eigenvalue weighted by molar-refractivity contribution is 5.95. The third-order valence-corrected chi connectivity index (χ3v) is 8.19. The Balaban J connectivity index is 1.71. The molecule has 2 aliphatic rings.